The molecule has 0 amide bonds. The van der Waals surface area contributed by atoms with E-state index in [0.717, 1.165) is 0 Å². The van der Waals surface area contributed by atoms with Crippen LogP contribution in [0.25, 0.3) is 0 Å². The molecule has 0 aliphatic carbocycles. The molecule has 12 heavy (non-hydrogen) atoms. The summed E-state index contributed by atoms with van der Waals surface area (Å²) in [5, 5.41) is 0. The van der Waals surface area contributed by atoms with E-state index in [-0.39, 0.29) is 0 Å². The smallest absolute Gasteiger partial charge is 0.337 e. The number of nitrogens with one attached hydrogen (secondary N) is 2. The Morgan fingerprint density at radius 1 is 1.08 bits per heavy atom. The maximum Gasteiger partial charge on any atom is 0.547 e. The van der Waals surface area contributed by atoms with Crippen LogP contribution in [0.4, 0.5) is 4.79 Å². The molecular formula is C5H14N4O3. The summed E-state index contributed by atoms with van der Waals surface area (Å²) >= 11 is 0. The maximum atomic E-state index is 10.5. The predicted octanol–water partition coefficient (Wildman–Crippen LogP) is -1.93. The average molecular weight is 178 g/mol. The van der Waals surface area contributed by atoms with Gasteiger partial charge < -0.3 is 21.1 Å². The molecule has 0 bridgehead atoms. The lowest BCUT2D eigenvalue weighted by molar-refractivity contribution is -0.0120. The fraction of sp³-hybridized carbons (Fsp3) is 0.800. The van der Waals surface area contributed by atoms with Crippen LogP contribution in [0.3, 0.4) is 0 Å². The summed E-state index contributed by atoms with van der Waals surface area (Å²) in [5.41, 5.74) is 14.8. The normalized spacial score (nSPS) is 9.50. The third-order valence-electron chi connectivity index (χ3n) is 0.804. The minimum absolute atomic E-state index is 0.378. The molecule has 0 saturated carbocycles. The van der Waals surface area contributed by atoms with Gasteiger partial charge in [-0.25, -0.2) is 0 Å². The molecule has 0 aromatic carbocycles. The average Bonchev–Trinajstić information content (AvgIpc) is 2.06. The van der Waals surface area contributed by atoms with E-state index in [1.54, 1.807) is 0 Å². The zero-order chi connectivity index (χ0) is 9.23. The Labute approximate surface area is 70.3 Å². The fourth-order valence-corrected chi connectivity index (χ4v) is 0.359. The second-order valence-corrected chi connectivity index (χ2v) is 1.82. The van der Waals surface area contributed by atoms with Crippen molar-refractivity contribution in [2.24, 2.45) is 11.5 Å². The van der Waals surface area contributed by atoms with E-state index in [2.05, 4.69) is 20.6 Å². The Balaban J connectivity index is 3.10. The number of hydroxylamine groups is 2. The largest absolute Gasteiger partial charge is 0.547 e. The van der Waals surface area contributed by atoms with Crippen LogP contribution in [0, 0.1) is 0 Å². The molecule has 0 unspecified atom stereocenters. The summed E-state index contributed by atoms with van der Waals surface area (Å²) in [6.45, 7) is 1.52. The van der Waals surface area contributed by atoms with Crippen LogP contribution in [0.15, 0.2) is 0 Å². The van der Waals surface area contributed by atoms with Crippen molar-refractivity contribution in [1.29, 1.82) is 0 Å². The van der Waals surface area contributed by atoms with Gasteiger partial charge in [0.15, 0.2) is 0 Å². The topological polar surface area (TPSA) is 112 Å². The molecule has 0 aliphatic rings. The molecule has 6 N–H and O–H groups in total. The van der Waals surface area contributed by atoms with E-state index < -0.39 is 6.16 Å². The van der Waals surface area contributed by atoms with Crippen LogP contribution in [0.1, 0.15) is 0 Å². The van der Waals surface area contributed by atoms with Crippen molar-refractivity contribution in [3.63, 3.8) is 0 Å². The second kappa shape index (κ2) is 8.21. The van der Waals surface area contributed by atoms with Crippen LogP contribution in [0.2, 0.25) is 0 Å². The first-order valence-corrected chi connectivity index (χ1v) is 3.54. The minimum atomic E-state index is -0.864. The number of carbonyl (C=O) groups excluding carboxylic acids is 1. The predicted molar refractivity (Wildman–Crippen MR) is 41.7 cm³/mol. The summed E-state index contributed by atoms with van der Waals surface area (Å²) in [5.74, 6) is 0. The lowest BCUT2D eigenvalue weighted by atomic mass is 10.7. The minimum Gasteiger partial charge on any atom is -0.337 e. The molecule has 72 valence electrons. The van der Waals surface area contributed by atoms with Crippen LogP contribution in [-0.2, 0) is 9.68 Å². The van der Waals surface area contributed by atoms with Crippen molar-refractivity contribution in [3.05, 3.63) is 0 Å². The van der Waals surface area contributed by atoms with E-state index in [0.29, 0.717) is 26.2 Å². The van der Waals surface area contributed by atoms with Crippen molar-refractivity contribution in [2.45, 2.75) is 0 Å². The van der Waals surface area contributed by atoms with Gasteiger partial charge >= 0.3 is 6.16 Å². The Kier molecular flexibility index (Phi) is 7.60. The zero-order valence-corrected chi connectivity index (χ0v) is 6.71. The third-order valence-corrected chi connectivity index (χ3v) is 0.804. The summed E-state index contributed by atoms with van der Waals surface area (Å²) in [7, 11) is 0. The van der Waals surface area contributed by atoms with Crippen LogP contribution in [0.5, 0.6) is 0 Å². The number of nitrogens with two attached hydrogens (primary N) is 2. The molecule has 0 rings (SSSR count). The van der Waals surface area contributed by atoms with E-state index in [4.69, 9.17) is 11.5 Å². The Bertz CT molecular complexity index is 109. The summed E-state index contributed by atoms with van der Waals surface area (Å²) < 4.78 is 0. The lowest BCUT2D eigenvalue weighted by Crippen LogP contribution is -2.31. The van der Waals surface area contributed by atoms with Crippen LogP contribution >= 0.6 is 0 Å². The highest BCUT2D eigenvalue weighted by Crippen LogP contribution is 1.75. The highest BCUT2D eigenvalue weighted by atomic mass is 16.9. The van der Waals surface area contributed by atoms with Crippen molar-refractivity contribution >= 4 is 6.16 Å². The standard InChI is InChI=1S/C5H14N4O3/c6-1-3-8-11-5(10)12-9-4-2-7/h8-9H,1-4,6-7H2. The van der Waals surface area contributed by atoms with Gasteiger partial charge in [0.1, 0.15) is 0 Å². The van der Waals surface area contributed by atoms with Gasteiger partial charge in [-0.2, -0.15) is 4.79 Å². The molecule has 0 radical (unpaired) electrons. The summed E-state index contributed by atoms with van der Waals surface area (Å²) in [4.78, 5) is 19.2. The van der Waals surface area contributed by atoms with Crippen molar-refractivity contribution in [1.82, 2.24) is 11.0 Å². The van der Waals surface area contributed by atoms with E-state index >= 15 is 0 Å². The molecule has 0 atom stereocenters. The molecule has 0 spiro atoms. The van der Waals surface area contributed by atoms with Gasteiger partial charge in [-0.1, -0.05) is 0 Å². The van der Waals surface area contributed by atoms with Gasteiger partial charge in [0, 0.05) is 26.2 Å². The maximum absolute atomic E-state index is 10.5. The van der Waals surface area contributed by atoms with Gasteiger partial charge in [-0.3, -0.25) is 0 Å². The number of hydrogen-bond acceptors (Lipinski definition) is 7. The summed E-state index contributed by atoms with van der Waals surface area (Å²) in [6.07, 6.45) is -0.864. The monoisotopic (exact) mass is 178 g/mol. The molecular weight excluding hydrogens is 164 g/mol. The Hall–Kier alpha value is -0.890. The first kappa shape index (κ1) is 11.1. The van der Waals surface area contributed by atoms with Gasteiger partial charge in [-0.15, -0.1) is 11.0 Å². The molecule has 7 heteroatoms. The zero-order valence-electron chi connectivity index (χ0n) is 6.71. The molecule has 0 fully saturated rings. The van der Waals surface area contributed by atoms with Gasteiger partial charge in [0.05, 0.1) is 0 Å². The van der Waals surface area contributed by atoms with Crippen LogP contribution < -0.4 is 22.4 Å². The van der Waals surface area contributed by atoms with Crippen LogP contribution in [-0.4, -0.2) is 32.3 Å². The number of carbonyl (C=O) groups is 1. The van der Waals surface area contributed by atoms with Gasteiger partial charge in [0.25, 0.3) is 0 Å². The van der Waals surface area contributed by atoms with E-state index in [1.807, 2.05) is 0 Å². The van der Waals surface area contributed by atoms with Gasteiger partial charge in [-0.05, 0) is 0 Å². The van der Waals surface area contributed by atoms with E-state index in [9.17, 15) is 4.79 Å². The Morgan fingerprint density at radius 3 is 1.83 bits per heavy atom. The molecule has 0 saturated heterocycles. The Morgan fingerprint density at radius 2 is 1.50 bits per heavy atom. The SMILES string of the molecule is NCCNOC(=O)ONCCN. The third kappa shape index (κ3) is 7.22. The summed E-state index contributed by atoms with van der Waals surface area (Å²) in [6, 6.07) is 0. The molecule has 0 aromatic heterocycles. The van der Waals surface area contributed by atoms with Crippen molar-refractivity contribution < 1.29 is 14.5 Å². The van der Waals surface area contributed by atoms with Crippen molar-refractivity contribution in [3.8, 4) is 0 Å². The molecule has 0 aliphatic heterocycles. The van der Waals surface area contributed by atoms with E-state index in [1.165, 1.54) is 0 Å². The molecule has 7 nitrogen and oxygen atoms in total. The first-order valence-electron chi connectivity index (χ1n) is 3.54. The highest BCUT2D eigenvalue weighted by molar-refractivity contribution is 5.58. The quantitative estimate of drug-likeness (QED) is 0.276. The number of hydrogen-bond donors (Lipinski definition) is 4. The van der Waals surface area contributed by atoms with Gasteiger partial charge in [0.2, 0.25) is 0 Å². The lowest BCUT2D eigenvalue weighted by Gasteiger charge is -2.04. The molecule has 0 heterocycles. The fourth-order valence-electron chi connectivity index (χ4n) is 0.359. The van der Waals surface area contributed by atoms with Crippen molar-refractivity contribution in [2.75, 3.05) is 26.2 Å². The second-order valence-electron chi connectivity index (χ2n) is 1.82. The highest BCUT2D eigenvalue weighted by Gasteiger charge is 2.01. The first-order chi connectivity index (χ1) is 5.81. The number of rotatable bonds is 6. The molecule has 0 aromatic rings.